The molecular weight excluding hydrogens is 150 g/mol. The van der Waals surface area contributed by atoms with Crippen LogP contribution in [0.15, 0.2) is 12.4 Å². The van der Waals surface area contributed by atoms with E-state index < -0.39 is 0 Å². The summed E-state index contributed by atoms with van der Waals surface area (Å²) >= 11 is 0. The number of hydrogen-bond donors (Lipinski definition) is 1. The van der Waals surface area contributed by atoms with Gasteiger partial charge in [0.2, 0.25) is 0 Å². The Hall–Kier alpha value is -1.27. The lowest BCUT2D eigenvalue weighted by molar-refractivity contribution is 0.750. The molecule has 12 heavy (non-hydrogen) atoms. The standard InChI is InChI=1S/C9H13N3/c1-2-12-8-7-11-9(12)5-3-4-6-10/h7-8H,2,4,6,10H2,1H3. The fourth-order valence-corrected chi connectivity index (χ4v) is 0.902. The molecule has 3 heteroatoms. The quantitative estimate of drug-likeness (QED) is 0.649. The zero-order chi connectivity index (χ0) is 8.81. The number of hydrogen-bond acceptors (Lipinski definition) is 2. The monoisotopic (exact) mass is 163 g/mol. The fourth-order valence-electron chi connectivity index (χ4n) is 0.902. The molecule has 0 bridgehead atoms. The van der Waals surface area contributed by atoms with Crippen LogP contribution in [-0.2, 0) is 6.54 Å². The highest BCUT2D eigenvalue weighted by molar-refractivity contribution is 5.21. The van der Waals surface area contributed by atoms with E-state index in [2.05, 4.69) is 23.7 Å². The lowest BCUT2D eigenvalue weighted by Gasteiger charge is -1.95. The van der Waals surface area contributed by atoms with Crippen molar-refractivity contribution >= 4 is 0 Å². The van der Waals surface area contributed by atoms with Gasteiger partial charge in [-0.25, -0.2) is 4.98 Å². The van der Waals surface area contributed by atoms with E-state index in [9.17, 15) is 0 Å². The van der Waals surface area contributed by atoms with Crippen molar-refractivity contribution in [1.29, 1.82) is 0 Å². The third-order valence-electron chi connectivity index (χ3n) is 1.53. The summed E-state index contributed by atoms with van der Waals surface area (Å²) in [7, 11) is 0. The van der Waals surface area contributed by atoms with Gasteiger partial charge >= 0.3 is 0 Å². The van der Waals surface area contributed by atoms with Gasteiger partial charge in [0.15, 0.2) is 5.82 Å². The van der Waals surface area contributed by atoms with E-state index in [1.165, 1.54) is 0 Å². The van der Waals surface area contributed by atoms with Crippen LogP contribution in [0.3, 0.4) is 0 Å². The summed E-state index contributed by atoms with van der Waals surface area (Å²) in [6, 6.07) is 0. The Labute approximate surface area is 72.6 Å². The molecule has 1 heterocycles. The molecule has 0 saturated carbocycles. The first kappa shape index (κ1) is 8.82. The first-order chi connectivity index (χ1) is 5.88. The minimum absolute atomic E-state index is 0.611. The van der Waals surface area contributed by atoms with Gasteiger partial charge in [-0.05, 0) is 12.8 Å². The Bertz CT molecular complexity index is 290. The van der Waals surface area contributed by atoms with Crippen LogP contribution in [0, 0.1) is 11.8 Å². The number of nitrogens with zero attached hydrogens (tertiary/aromatic N) is 2. The highest BCUT2D eigenvalue weighted by Crippen LogP contribution is 1.94. The fraction of sp³-hybridized carbons (Fsp3) is 0.444. The molecule has 0 radical (unpaired) electrons. The second-order valence-electron chi connectivity index (χ2n) is 2.38. The van der Waals surface area contributed by atoms with Gasteiger partial charge in [0.25, 0.3) is 0 Å². The minimum Gasteiger partial charge on any atom is -0.330 e. The zero-order valence-corrected chi connectivity index (χ0v) is 7.25. The van der Waals surface area contributed by atoms with Crippen molar-refractivity contribution in [2.45, 2.75) is 19.9 Å². The maximum absolute atomic E-state index is 5.31. The SMILES string of the molecule is CCn1ccnc1C#CCCN. The summed E-state index contributed by atoms with van der Waals surface area (Å²) in [5, 5.41) is 0. The predicted molar refractivity (Wildman–Crippen MR) is 48.5 cm³/mol. The summed E-state index contributed by atoms with van der Waals surface area (Å²) < 4.78 is 2.00. The van der Waals surface area contributed by atoms with Crippen LogP contribution in [-0.4, -0.2) is 16.1 Å². The Kier molecular flexibility index (Phi) is 3.36. The van der Waals surface area contributed by atoms with Crippen LogP contribution in [0.25, 0.3) is 0 Å². The van der Waals surface area contributed by atoms with Gasteiger partial charge in [-0.15, -0.1) is 0 Å². The van der Waals surface area contributed by atoms with Gasteiger partial charge in [0.05, 0.1) is 0 Å². The molecule has 0 fully saturated rings. The van der Waals surface area contributed by atoms with Gasteiger partial charge in [-0.1, -0.05) is 5.92 Å². The molecule has 0 atom stereocenters. The van der Waals surface area contributed by atoms with Gasteiger partial charge in [-0.3, -0.25) is 0 Å². The molecule has 1 aromatic heterocycles. The molecule has 1 rings (SSSR count). The number of nitrogens with two attached hydrogens (primary N) is 1. The normalized spacial score (nSPS) is 9.17. The van der Waals surface area contributed by atoms with Crippen LogP contribution < -0.4 is 5.73 Å². The van der Waals surface area contributed by atoms with Crippen molar-refractivity contribution in [3.63, 3.8) is 0 Å². The van der Waals surface area contributed by atoms with Gasteiger partial charge in [0.1, 0.15) is 0 Å². The van der Waals surface area contributed by atoms with E-state index in [1.807, 2.05) is 10.8 Å². The summed E-state index contributed by atoms with van der Waals surface area (Å²) in [4.78, 5) is 4.11. The summed E-state index contributed by atoms with van der Waals surface area (Å²) in [6.07, 6.45) is 4.42. The van der Waals surface area contributed by atoms with Crippen LogP contribution in [0.1, 0.15) is 19.2 Å². The number of aryl methyl sites for hydroxylation is 1. The van der Waals surface area contributed by atoms with Crippen molar-refractivity contribution < 1.29 is 0 Å². The molecule has 0 aromatic carbocycles. The average Bonchev–Trinajstić information content (AvgIpc) is 2.52. The number of imidazole rings is 1. The topological polar surface area (TPSA) is 43.8 Å². The average molecular weight is 163 g/mol. The van der Waals surface area contributed by atoms with Crippen molar-refractivity contribution in [3.8, 4) is 11.8 Å². The third-order valence-corrected chi connectivity index (χ3v) is 1.53. The van der Waals surface area contributed by atoms with Crippen LogP contribution in [0.4, 0.5) is 0 Å². The Balaban J connectivity index is 2.69. The molecular formula is C9H13N3. The van der Waals surface area contributed by atoms with Crippen LogP contribution >= 0.6 is 0 Å². The maximum Gasteiger partial charge on any atom is 0.185 e. The van der Waals surface area contributed by atoms with Gasteiger partial charge in [0, 0.05) is 31.9 Å². The molecule has 0 aliphatic heterocycles. The molecule has 0 spiro atoms. The van der Waals surface area contributed by atoms with Crippen molar-refractivity contribution in [2.75, 3.05) is 6.54 Å². The summed E-state index contributed by atoms with van der Waals surface area (Å²) in [5.41, 5.74) is 5.31. The van der Waals surface area contributed by atoms with E-state index in [4.69, 9.17) is 5.73 Å². The predicted octanol–water partition coefficient (Wildman–Crippen LogP) is 0.603. The molecule has 0 amide bonds. The van der Waals surface area contributed by atoms with E-state index >= 15 is 0 Å². The summed E-state index contributed by atoms with van der Waals surface area (Å²) in [5.74, 6) is 6.75. The lowest BCUT2D eigenvalue weighted by Crippen LogP contribution is -1.98. The molecule has 0 unspecified atom stereocenters. The van der Waals surface area contributed by atoms with E-state index in [-0.39, 0.29) is 0 Å². The lowest BCUT2D eigenvalue weighted by atomic mass is 10.4. The van der Waals surface area contributed by atoms with Crippen molar-refractivity contribution in [1.82, 2.24) is 9.55 Å². The molecule has 0 aliphatic carbocycles. The highest BCUT2D eigenvalue weighted by atomic mass is 15.0. The van der Waals surface area contributed by atoms with E-state index in [0.717, 1.165) is 18.8 Å². The van der Waals surface area contributed by atoms with E-state index in [0.29, 0.717) is 6.54 Å². The molecule has 3 nitrogen and oxygen atoms in total. The van der Waals surface area contributed by atoms with Gasteiger partial charge < -0.3 is 10.3 Å². The molecule has 0 aliphatic rings. The molecule has 0 saturated heterocycles. The van der Waals surface area contributed by atoms with Crippen LogP contribution in [0.5, 0.6) is 0 Å². The number of aromatic nitrogens is 2. The largest absolute Gasteiger partial charge is 0.330 e. The first-order valence-electron chi connectivity index (χ1n) is 4.08. The summed E-state index contributed by atoms with van der Waals surface area (Å²) in [6.45, 7) is 3.59. The minimum atomic E-state index is 0.611. The molecule has 2 N–H and O–H groups in total. The smallest absolute Gasteiger partial charge is 0.185 e. The molecule has 64 valence electrons. The second-order valence-corrected chi connectivity index (χ2v) is 2.38. The Morgan fingerprint density at radius 1 is 1.67 bits per heavy atom. The third kappa shape index (κ3) is 2.11. The van der Waals surface area contributed by atoms with Crippen LogP contribution in [0.2, 0.25) is 0 Å². The highest BCUT2D eigenvalue weighted by Gasteiger charge is 1.93. The van der Waals surface area contributed by atoms with Gasteiger partial charge in [-0.2, -0.15) is 0 Å². The zero-order valence-electron chi connectivity index (χ0n) is 7.25. The van der Waals surface area contributed by atoms with Crippen molar-refractivity contribution in [2.24, 2.45) is 5.73 Å². The first-order valence-corrected chi connectivity index (χ1v) is 4.08. The maximum atomic E-state index is 5.31. The number of rotatable bonds is 2. The second kappa shape index (κ2) is 4.58. The van der Waals surface area contributed by atoms with Crippen molar-refractivity contribution in [3.05, 3.63) is 18.2 Å². The molecule has 1 aromatic rings. The Morgan fingerprint density at radius 2 is 2.50 bits per heavy atom. The Morgan fingerprint density at radius 3 is 3.17 bits per heavy atom. The van der Waals surface area contributed by atoms with E-state index in [1.54, 1.807) is 6.20 Å².